The number of rotatable bonds is 4. The molecule has 4 rings (SSSR count). The van der Waals surface area contributed by atoms with E-state index < -0.39 is 0 Å². The third-order valence-electron chi connectivity index (χ3n) is 5.03. The van der Waals surface area contributed by atoms with Gasteiger partial charge in [-0.05, 0) is 69.2 Å². The number of carbonyl (C=O) groups excluding carboxylic acids is 1. The molecule has 4 nitrogen and oxygen atoms in total. The summed E-state index contributed by atoms with van der Waals surface area (Å²) >= 11 is 3.32. The molecule has 0 radical (unpaired) electrons. The standard InChI is InChI=1S/C21H23N3OS2/c1-12-8-9-13(2)16(10-12)24-19(25)14(3)26-20-18-15-6-4-5-7-17(15)27-21(18)23-11-22-20/h8-11,14H,4-7H2,1-3H3,(H,24,25). The second-order valence-electron chi connectivity index (χ2n) is 7.14. The Balaban J connectivity index is 1.57. The largest absolute Gasteiger partial charge is 0.325 e. The van der Waals surface area contributed by atoms with Crippen LogP contribution >= 0.6 is 23.1 Å². The van der Waals surface area contributed by atoms with Crippen molar-refractivity contribution >= 4 is 44.9 Å². The number of fused-ring (bicyclic) bond motifs is 3. The van der Waals surface area contributed by atoms with Gasteiger partial charge < -0.3 is 5.32 Å². The summed E-state index contributed by atoms with van der Waals surface area (Å²) in [5.41, 5.74) is 4.50. The van der Waals surface area contributed by atoms with Gasteiger partial charge in [0, 0.05) is 16.0 Å². The Hall–Kier alpha value is -1.92. The van der Waals surface area contributed by atoms with E-state index in [4.69, 9.17) is 0 Å². The highest BCUT2D eigenvalue weighted by molar-refractivity contribution is 8.00. The number of anilines is 1. The monoisotopic (exact) mass is 397 g/mol. The minimum absolute atomic E-state index is 0.00422. The smallest absolute Gasteiger partial charge is 0.237 e. The Bertz CT molecular complexity index is 1010. The molecule has 1 N–H and O–H groups in total. The molecule has 1 aliphatic carbocycles. The lowest BCUT2D eigenvalue weighted by Gasteiger charge is -2.15. The zero-order valence-electron chi connectivity index (χ0n) is 15.8. The zero-order chi connectivity index (χ0) is 19.0. The van der Waals surface area contributed by atoms with Crippen LogP contribution in [0.5, 0.6) is 0 Å². The number of nitrogens with one attached hydrogen (secondary N) is 1. The molecule has 2 heterocycles. The number of thioether (sulfide) groups is 1. The predicted molar refractivity (Wildman–Crippen MR) is 114 cm³/mol. The number of amides is 1. The van der Waals surface area contributed by atoms with E-state index in [9.17, 15) is 4.79 Å². The van der Waals surface area contributed by atoms with Crippen molar-refractivity contribution in [2.75, 3.05) is 5.32 Å². The summed E-state index contributed by atoms with van der Waals surface area (Å²) in [6.07, 6.45) is 6.34. The lowest BCUT2D eigenvalue weighted by Crippen LogP contribution is -2.23. The third-order valence-corrected chi connectivity index (χ3v) is 7.33. The van der Waals surface area contributed by atoms with Gasteiger partial charge in [0.15, 0.2) is 0 Å². The van der Waals surface area contributed by atoms with E-state index in [-0.39, 0.29) is 11.2 Å². The quantitative estimate of drug-likeness (QED) is 0.479. The van der Waals surface area contributed by atoms with Crippen LogP contribution < -0.4 is 5.32 Å². The predicted octanol–water partition coefficient (Wildman–Crippen LogP) is 5.31. The number of carbonyl (C=O) groups is 1. The molecule has 3 aromatic rings. The molecule has 0 bridgehead atoms. The summed E-state index contributed by atoms with van der Waals surface area (Å²) in [5.74, 6) is 0.00422. The number of hydrogen-bond donors (Lipinski definition) is 1. The van der Waals surface area contributed by atoms with Gasteiger partial charge in [0.05, 0.1) is 5.25 Å². The summed E-state index contributed by atoms with van der Waals surface area (Å²) < 4.78 is 0. The number of hydrogen-bond acceptors (Lipinski definition) is 5. The van der Waals surface area contributed by atoms with Crippen molar-refractivity contribution in [3.05, 3.63) is 46.1 Å². The molecule has 1 aromatic carbocycles. The molecule has 2 aromatic heterocycles. The average molecular weight is 398 g/mol. The van der Waals surface area contributed by atoms with Gasteiger partial charge in [-0.25, -0.2) is 9.97 Å². The van der Waals surface area contributed by atoms with E-state index in [2.05, 4.69) is 21.4 Å². The molecule has 1 atom stereocenters. The van der Waals surface area contributed by atoms with Crippen LogP contribution in [0.2, 0.25) is 0 Å². The molecule has 1 unspecified atom stereocenters. The first-order chi connectivity index (χ1) is 13.0. The van der Waals surface area contributed by atoms with E-state index in [0.717, 1.165) is 39.5 Å². The molecule has 0 saturated carbocycles. The lowest BCUT2D eigenvalue weighted by atomic mass is 9.97. The van der Waals surface area contributed by atoms with Crippen LogP contribution in [0, 0.1) is 13.8 Å². The molecule has 27 heavy (non-hydrogen) atoms. The van der Waals surface area contributed by atoms with Crippen LogP contribution in [0.1, 0.15) is 41.3 Å². The van der Waals surface area contributed by atoms with Crippen molar-refractivity contribution in [2.24, 2.45) is 0 Å². The van der Waals surface area contributed by atoms with Crippen LogP contribution in [0.15, 0.2) is 29.6 Å². The molecule has 140 valence electrons. The van der Waals surface area contributed by atoms with E-state index in [1.54, 1.807) is 17.7 Å². The van der Waals surface area contributed by atoms with Crippen LogP contribution in [-0.2, 0) is 17.6 Å². The highest BCUT2D eigenvalue weighted by Crippen LogP contribution is 2.40. The minimum atomic E-state index is -0.234. The number of aryl methyl sites for hydroxylation is 4. The van der Waals surface area contributed by atoms with Gasteiger partial charge in [0.1, 0.15) is 16.2 Å². The number of thiophene rings is 1. The van der Waals surface area contributed by atoms with Gasteiger partial charge >= 0.3 is 0 Å². The summed E-state index contributed by atoms with van der Waals surface area (Å²) in [7, 11) is 0. The molecule has 0 saturated heterocycles. The fourth-order valence-electron chi connectivity index (χ4n) is 3.48. The van der Waals surface area contributed by atoms with Crippen molar-refractivity contribution in [1.82, 2.24) is 9.97 Å². The maximum atomic E-state index is 12.8. The van der Waals surface area contributed by atoms with Crippen molar-refractivity contribution in [2.45, 2.75) is 56.7 Å². The zero-order valence-corrected chi connectivity index (χ0v) is 17.5. The SMILES string of the molecule is Cc1ccc(C)c(NC(=O)C(C)Sc2ncnc3sc4c(c23)CCCC4)c1. The Kier molecular flexibility index (Phi) is 5.19. The molecular weight excluding hydrogens is 374 g/mol. The fourth-order valence-corrected chi connectivity index (χ4v) is 5.72. The van der Waals surface area contributed by atoms with Crippen LogP contribution in [-0.4, -0.2) is 21.1 Å². The Morgan fingerprint density at radius 2 is 2.04 bits per heavy atom. The molecule has 6 heteroatoms. The fraction of sp³-hybridized carbons (Fsp3) is 0.381. The van der Waals surface area contributed by atoms with E-state index >= 15 is 0 Å². The summed E-state index contributed by atoms with van der Waals surface area (Å²) in [4.78, 5) is 24.3. The first-order valence-electron chi connectivity index (χ1n) is 9.33. The highest BCUT2D eigenvalue weighted by atomic mass is 32.2. The van der Waals surface area contributed by atoms with Crippen molar-refractivity contribution in [3.63, 3.8) is 0 Å². The van der Waals surface area contributed by atoms with E-state index in [1.807, 2.05) is 32.9 Å². The topological polar surface area (TPSA) is 54.9 Å². The van der Waals surface area contributed by atoms with E-state index in [1.165, 1.54) is 40.4 Å². The van der Waals surface area contributed by atoms with Crippen LogP contribution in [0.25, 0.3) is 10.2 Å². The Labute approximate surface area is 167 Å². The molecule has 0 aliphatic heterocycles. The summed E-state index contributed by atoms with van der Waals surface area (Å²) in [5, 5.41) is 4.95. The average Bonchev–Trinajstić information content (AvgIpc) is 3.04. The number of benzene rings is 1. The summed E-state index contributed by atoms with van der Waals surface area (Å²) in [6, 6.07) is 6.11. The van der Waals surface area contributed by atoms with Crippen molar-refractivity contribution in [1.29, 1.82) is 0 Å². The first kappa shape index (κ1) is 18.4. The van der Waals surface area contributed by atoms with Crippen LogP contribution in [0.3, 0.4) is 0 Å². The lowest BCUT2D eigenvalue weighted by molar-refractivity contribution is -0.115. The molecule has 0 fully saturated rings. The first-order valence-corrected chi connectivity index (χ1v) is 11.0. The Morgan fingerprint density at radius 1 is 1.22 bits per heavy atom. The molecule has 1 aliphatic rings. The maximum Gasteiger partial charge on any atom is 0.237 e. The molecule has 1 amide bonds. The van der Waals surface area contributed by atoms with Crippen LogP contribution in [0.4, 0.5) is 5.69 Å². The maximum absolute atomic E-state index is 12.8. The minimum Gasteiger partial charge on any atom is -0.325 e. The number of aromatic nitrogens is 2. The third kappa shape index (κ3) is 3.73. The van der Waals surface area contributed by atoms with Gasteiger partial charge in [-0.2, -0.15) is 0 Å². The van der Waals surface area contributed by atoms with Crippen molar-refractivity contribution < 1.29 is 4.79 Å². The molecule has 0 spiro atoms. The second-order valence-corrected chi connectivity index (χ2v) is 9.55. The summed E-state index contributed by atoms with van der Waals surface area (Å²) in [6.45, 7) is 5.99. The number of nitrogens with zero attached hydrogens (tertiary/aromatic N) is 2. The van der Waals surface area contributed by atoms with Gasteiger partial charge in [-0.3, -0.25) is 4.79 Å². The Morgan fingerprint density at radius 3 is 2.89 bits per heavy atom. The van der Waals surface area contributed by atoms with Gasteiger partial charge in [-0.1, -0.05) is 23.9 Å². The van der Waals surface area contributed by atoms with Gasteiger partial charge in [-0.15, -0.1) is 11.3 Å². The van der Waals surface area contributed by atoms with E-state index in [0.29, 0.717) is 0 Å². The molecular formula is C21H23N3OS2. The highest BCUT2D eigenvalue weighted by Gasteiger charge is 2.23. The van der Waals surface area contributed by atoms with Gasteiger partial charge in [0.2, 0.25) is 5.91 Å². The van der Waals surface area contributed by atoms with Crippen molar-refractivity contribution in [3.8, 4) is 0 Å². The van der Waals surface area contributed by atoms with Gasteiger partial charge in [0.25, 0.3) is 0 Å². The normalized spacial score (nSPS) is 14.8. The second kappa shape index (κ2) is 7.60.